The quantitative estimate of drug-likeness (QED) is 0.845. The number of hydrogen-bond donors (Lipinski definition) is 1. The van der Waals surface area contributed by atoms with Crippen LogP contribution in [0.15, 0.2) is 22.6 Å². The summed E-state index contributed by atoms with van der Waals surface area (Å²) in [5.74, 6) is 0.844. The lowest BCUT2D eigenvalue weighted by atomic mass is 9.81. The first-order valence-corrected chi connectivity index (χ1v) is 6.32. The highest BCUT2D eigenvalue weighted by atomic mass is 35.5. The first kappa shape index (κ1) is 11.1. The van der Waals surface area contributed by atoms with Crippen molar-refractivity contribution in [1.29, 1.82) is 0 Å². The predicted octanol–water partition coefficient (Wildman–Crippen LogP) is 3.12. The van der Waals surface area contributed by atoms with Gasteiger partial charge in [-0.1, -0.05) is 18.5 Å². The van der Waals surface area contributed by atoms with Crippen molar-refractivity contribution in [3.8, 4) is 0 Å². The maximum absolute atomic E-state index is 5.96. The lowest BCUT2D eigenvalue weighted by Crippen LogP contribution is -2.37. The van der Waals surface area contributed by atoms with Gasteiger partial charge in [0.25, 0.3) is 0 Å². The molecule has 3 rings (SSSR count). The molecule has 1 aromatic carbocycles. The summed E-state index contributed by atoms with van der Waals surface area (Å²) in [7, 11) is 0. The van der Waals surface area contributed by atoms with Gasteiger partial charge >= 0.3 is 0 Å². The van der Waals surface area contributed by atoms with Gasteiger partial charge in [0.1, 0.15) is 5.52 Å². The Balaban J connectivity index is 2.05. The van der Waals surface area contributed by atoms with Gasteiger partial charge in [0.2, 0.25) is 5.89 Å². The Morgan fingerprint density at radius 3 is 2.88 bits per heavy atom. The largest absolute Gasteiger partial charge is 0.440 e. The minimum atomic E-state index is 0.0523. The summed E-state index contributed by atoms with van der Waals surface area (Å²) >= 11 is 5.96. The fourth-order valence-electron chi connectivity index (χ4n) is 2.35. The summed E-state index contributed by atoms with van der Waals surface area (Å²) in [6.45, 7) is 4.27. The van der Waals surface area contributed by atoms with Crippen molar-refractivity contribution in [3.63, 3.8) is 0 Å². The van der Waals surface area contributed by atoms with Crippen molar-refractivity contribution in [1.82, 2.24) is 10.3 Å². The van der Waals surface area contributed by atoms with E-state index in [9.17, 15) is 0 Å². The molecule has 1 aliphatic rings. The van der Waals surface area contributed by atoms with E-state index in [-0.39, 0.29) is 5.41 Å². The minimum absolute atomic E-state index is 0.0523. The molecule has 1 aliphatic heterocycles. The summed E-state index contributed by atoms with van der Waals surface area (Å²) in [6, 6.07) is 5.58. The highest BCUT2D eigenvalue weighted by molar-refractivity contribution is 6.31. The smallest absolute Gasteiger partial charge is 0.201 e. The van der Waals surface area contributed by atoms with Crippen LogP contribution in [-0.4, -0.2) is 18.1 Å². The van der Waals surface area contributed by atoms with Crippen molar-refractivity contribution in [2.75, 3.05) is 13.1 Å². The standard InChI is InChI=1S/C13H15ClN2O/c1-13(4-6-15-7-5-13)12-16-10-8-9(14)2-3-11(10)17-12/h2-3,8,15H,4-7H2,1H3. The molecular weight excluding hydrogens is 236 g/mol. The molecule has 90 valence electrons. The highest BCUT2D eigenvalue weighted by Crippen LogP contribution is 2.34. The summed E-state index contributed by atoms with van der Waals surface area (Å²) in [4.78, 5) is 4.59. The predicted molar refractivity (Wildman–Crippen MR) is 68.5 cm³/mol. The number of hydrogen-bond acceptors (Lipinski definition) is 3. The van der Waals surface area contributed by atoms with Crippen molar-refractivity contribution >= 4 is 22.7 Å². The number of oxazole rings is 1. The van der Waals surface area contributed by atoms with Gasteiger partial charge in [-0.2, -0.15) is 0 Å². The van der Waals surface area contributed by atoms with E-state index < -0.39 is 0 Å². The number of nitrogens with one attached hydrogen (secondary N) is 1. The second-order valence-corrected chi connectivity index (χ2v) is 5.38. The van der Waals surface area contributed by atoms with Gasteiger partial charge in [-0.05, 0) is 44.1 Å². The molecule has 1 N–H and O–H groups in total. The summed E-state index contributed by atoms with van der Waals surface area (Å²) in [6.07, 6.45) is 2.13. The van der Waals surface area contributed by atoms with Gasteiger partial charge in [-0.15, -0.1) is 0 Å². The highest BCUT2D eigenvalue weighted by Gasteiger charge is 2.33. The van der Waals surface area contributed by atoms with Crippen molar-refractivity contribution in [2.45, 2.75) is 25.2 Å². The third kappa shape index (κ3) is 1.94. The average molecular weight is 251 g/mol. The zero-order valence-corrected chi connectivity index (χ0v) is 10.5. The molecule has 3 nitrogen and oxygen atoms in total. The lowest BCUT2D eigenvalue weighted by molar-refractivity contribution is 0.275. The summed E-state index contributed by atoms with van der Waals surface area (Å²) < 4.78 is 5.87. The van der Waals surface area contributed by atoms with Gasteiger partial charge in [-0.25, -0.2) is 4.98 Å². The van der Waals surface area contributed by atoms with Gasteiger partial charge in [0.05, 0.1) is 0 Å². The summed E-state index contributed by atoms with van der Waals surface area (Å²) in [5, 5.41) is 4.06. The Morgan fingerprint density at radius 1 is 1.35 bits per heavy atom. The summed E-state index contributed by atoms with van der Waals surface area (Å²) in [5.41, 5.74) is 1.73. The molecular formula is C13H15ClN2O. The molecule has 0 atom stereocenters. The molecule has 4 heteroatoms. The molecule has 0 spiro atoms. The van der Waals surface area contributed by atoms with E-state index in [4.69, 9.17) is 16.0 Å². The molecule has 0 amide bonds. The normalized spacial score (nSPS) is 19.6. The number of nitrogens with zero attached hydrogens (tertiary/aromatic N) is 1. The van der Waals surface area contributed by atoms with Crippen LogP contribution in [0, 0.1) is 0 Å². The fraction of sp³-hybridized carbons (Fsp3) is 0.462. The lowest BCUT2D eigenvalue weighted by Gasteiger charge is -2.30. The third-order valence-electron chi connectivity index (χ3n) is 3.57. The van der Waals surface area contributed by atoms with E-state index in [2.05, 4.69) is 17.2 Å². The number of fused-ring (bicyclic) bond motifs is 1. The van der Waals surface area contributed by atoms with Crippen molar-refractivity contribution < 1.29 is 4.42 Å². The molecule has 2 aromatic rings. The Morgan fingerprint density at radius 2 is 2.12 bits per heavy atom. The Labute approximate surface area is 105 Å². The van der Waals surface area contributed by atoms with Crippen LogP contribution in [0.1, 0.15) is 25.7 Å². The molecule has 2 heterocycles. The molecule has 0 unspecified atom stereocenters. The van der Waals surface area contributed by atoms with E-state index in [1.165, 1.54) is 0 Å². The zero-order valence-electron chi connectivity index (χ0n) is 9.79. The minimum Gasteiger partial charge on any atom is -0.440 e. The van der Waals surface area contributed by atoms with Crippen LogP contribution < -0.4 is 5.32 Å². The Hall–Kier alpha value is -1.06. The maximum Gasteiger partial charge on any atom is 0.201 e. The van der Waals surface area contributed by atoms with Crippen molar-refractivity contribution in [3.05, 3.63) is 29.1 Å². The maximum atomic E-state index is 5.96. The van der Waals surface area contributed by atoms with E-state index >= 15 is 0 Å². The molecule has 1 fully saturated rings. The molecule has 1 aromatic heterocycles. The van der Waals surface area contributed by atoms with E-state index in [0.29, 0.717) is 5.02 Å². The van der Waals surface area contributed by atoms with E-state index in [1.54, 1.807) is 0 Å². The van der Waals surface area contributed by atoms with Crippen LogP contribution in [0.5, 0.6) is 0 Å². The first-order valence-electron chi connectivity index (χ1n) is 5.95. The van der Waals surface area contributed by atoms with E-state index in [0.717, 1.165) is 42.9 Å². The van der Waals surface area contributed by atoms with Crippen LogP contribution in [0.25, 0.3) is 11.1 Å². The molecule has 0 aliphatic carbocycles. The topological polar surface area (TPSA) is 38.1 Å². The van der Waals surface area contributed by atoms with Gasteiger partial charge in [-0.3, -0.25) is 0 Å². The molecule has 0 bridgehead atoms. The van der Waals surface area contributed by atoms with Gasteiger partial charge in [0.15, 0.2) is 5.58 Å². The Bertz CT molecular complexity index is 543. The second kappa shape index (κ2) is 4.00. The second-order valence-electron chi connectivity index (χ2n) is 4.94. The number of benzene rings is 1. The first-order chi connectivity index (χ1) is 8.17. The fourth-order valence-corrected chi connectivity index (χ4v) is 2.52. The van der Waals surface area contributed by atoms with Gasteiger partial charge < -0.3 is 9.73 Å². The Kier molecular flexibility index (Phi) is 2.60. The number of halogens is 1. The van der Waals surface area contributed by atoms with Crippen LogP contribution in [0.2, 0.25) is 5.02 Å². The monoisotopic (exact) mass is 250 g/mol. The van der Waals surface area contributed by atoms with Crippen LogP contribution in [0.4, 0.5) is 0 Å². The average Bonchev–Trinajstić information content (AvgIpc) is 2.73. The molecule has 0 saturated carbocycles. The van der Waals surface area contributed by atoms with Crippen LogP contribution in [0.3, 0.4) is 0 Å². The number of piperidine rings is 1. The molecule has 17 heavy (non-hydrogen) atoms. The number of aromatic nitrogens is 1. The van der Waals surface area contributed by atoms with Crippen LogP contribution >= 0.6 is 11.6 Å². The van der Waals surface area contributed by atoms with Crippen molar-refractivity contribution in [2.24, 2.45) is 0 Å². The third-order valence-corrected chi connectivity index (χ3v) is 3.81. The SMILES string of the molecule is CC1(c2nc3cc(Cl)ccc3o2)CCNCC1. The van der Waals surface area contributed by atoms with Crippen LogP contribution in [-0.2, 0) is 5.41 Å². The van der Waals surface area contributed by atoms with E-state index in [1.807, 2.05) is 18.2 Å². The zero-order chi connectivity index (χ0) is 11.9. The van der Waals surface area contributed by atoms with Gasteiger partial charge in [0, 0.05) is 10.4 Å². The molecule has 1 saturated heterocycles. The number of rotatable bonds is 1. The molecule has 0 radical (unpaired) electrons.